The number of amides is 1. The van der Waals surface area contributed by atoms with E-state index < -0.39 is 24.0 Å². The molecule has 2 aromatic carbocycles. The number of rotatable bonds is 4. The van der Waals surface area contributed by atoms with Crippen LogP contribution in [0.2, 0.25) is 0 Å². The predicted molar refractivity (Wildman–Crippen MR) is 115 cm³/mol. The van der Waals surface area contributed by atoms with Gasteiger partial charge in [0, 0.05) is 18.0 Å². The Hall–Kier alpha value is -3.96. The molecular weight excluding hydrogens is 456 g/mol. The molecule has 0 bridgehead atoms. The Morgan fingerprint density at radius 2 is 1.94 bits per heavy atom. The van der Waals surface area contributed by atoms with Crippen molar-refractivity contribution < 1.29 is 27.1 Å². The SMILES string of the molecule is O=C1NCCCC[C@H]1Nc1nc2ccccc2c2nc(-c3ccc(F)cc3OC(F)(F)F)nn12. The number of alkyl halides is 3. The molecule has 1 amide bonds. The van der Waals surface area contributed by atoms with Crippen LogP contribution < -0.4 is 15.4 Å². The molecule has 1 saturated heterocycles. The number of hydrogen-bond acceptors (Lipinski definition) is 6. The van der Waals surface area contributed by atoms with Crippen LogP contribution in [0.25, 0.3) is 27.9 Å². The number of hydrogen-bond donors (Lipinski definition) is 2. The number of aromatic nitrogens is 4. The first-order valence-electron chi connectivity index (χ1n) is 10.5. The third kappa shape index (κ3) is 4.30. The van der Waals surface area contributed by atoms with Crippen molar-refractivity contribution in [3.8, 4) is 17.1 Å². The molecule has 1 aliphatic rings. The summed E-state index contributed by atoms with van der Waals surface area (Å²) in [6, 6.07) is 9.21. The number of para-hydroxylation sites is 1. The second-order valence-electron chi connectivity index (χ2n) is 7.80. The van der Waals surface area contributed by atoms with E-state index in [4.69, 9.17) is 0 Å². The Kier molecular flexibility index (Phi) is 5.42. The van der Waals surface area contributed by atoms with Gasteiger partial charge >= 0.3 is 6.36 Å². The maximum atomic E-state index is 13.7. The van der Waals surface area contributed by atoms with Crippen LogP contribution in [-0.2, 0) is 4.79 Å². The van der Waals surface area contributed by atoms with E-state index in [0.29, 0.717) is 35.6 Å². The van der Waals surface area contributed by atoms with Gasteiger partial charge in [0.25, 0.3) is 0 Å². The molecule has 12 heteroatoms. The van der Waals surface area contributed by atoms with Gasteiger partial charge in [-0.3, -0.25) is 4.79 Å². The van der Waals surface area contributed by atoms with Crippen LogP contribution in [0.1, 0.15) is 19.3 Å². The van der Waals surface area contributed by atoms with Crippen LogP contribution >= 0.6 is 0 Å². The summed E-state index contributed by atoms with van der Waals surface area (Å²) in [5.41, 5.74) is 0.709. The Bertz CT molecular complexity index is 1390. The minimum absolute atomic E-state index is 0.120. The highest BCUT2D eigenvalue weighted by Gasteiger charge is 2.33. The lowest BCUT2D eigenvalue weighted by molar-refractivity contribution is -0.274. The number of nitrogens with one attached hydrogen (secondary N) is 2. The van der Waals surface area contributed by atoms with Crippen LogP contribution in [0.3, 0.4) is 0 Å². The molecule has 0 spiro atoms. The minimum Gasteiger partial charge on any atom is -0.405 e. The number of nitrogens with zero attached hydrogens (tertiary/aromatic N) is 4. The van der Waals surface area contributed by atoms with Crippen LogP contribution in [0.15, 0.2) is 42.5 Å². The quantitative estimate of drug-likeness (QED) is 0.434. The molecule has 2 aromatic heterocycles. The van der Waals surface area contributed by atoms with Crippen molar-refractivity contribution in [2.45, 2.75) is 31.7 Å². The molecule has 1 atom stereocenters. The lowest BCUT2D eigenvalue weighted by atomic mass is 10.1. The third-order valence-corrected chi connectivity index (χ3v) is 5.43. The normalized spacial score (nSPS) is 16.9. The van der Waals surface area contributed by atoms with Gasteiger partial charge < -0.3 is 15.4 Å². The molecule has 0 saturated carbocycles. The number of ether oxygens (including phenoxy) is 1. The Balaban J connectivity index is 1.66. The molecule has 0 unspecified atom stereocenters. The summed E-state index contributed by atoms with van der Waals surface area (Å²) < 4.78 is 57.8. The predicted octanol–water partition coefficient (Wildman–Crippen LogP) is 4.06. The number of carbonyl (C=O) groups is 1. The number of carbonyl (C=O) groups excluding carboxylic acids is 1. The second-order valence-corrected chi connectivity index (χ2v) is 7.80. The molecule has 1 aliphatic heterocycles. The van der Waals surface area contributed by atoms with E-state index in [-0.39, 0.29) is 23.2 Å². The molecular formula is C22H18F4N6O2. The monoisotopic (exact) mass is 474 g/mol. The standard InChI is InChI=1S/C22H18F4N6O2/c23-12-8-9-14(17(11-12)34-22(24,25)26)18-30-19-13-5-1-2-6-15(13)28-21(32(19)31-18)29-16-7-3-4-10-27-20(16)33/h1-2,5-6,8-9,11,16H,3-4,7,10H2,(H,27,33)(H,28,29)/t16-/m1/s1. The van der Waals surface area contributed by atoms with Crippen LogP contribution in [-0.4, -0.2) is 44.4 Å². The molecule has 4 aromatic rings. The molecule has 8 nitrogen and oxygen atoms in total. The summed E-state index contributed by atoms with van der Waals surface area (Å²) >= 11 is 0. The average molecular weight is 474 g/mol. The van der Waals surface area contributed by atoms with Crippen molar-refractivity contribution in [3.63, 3.8) is 0 Å². The van der Waals surface area contributed by atoms with E-state index in [0.717, 1.165) is 25.0 Å². The highest BCUT2D eigenvalue weighted by atomic mass is 19.4. The van der Waals surface area contributed by atoms with Crippen LogP contribution in [0.5, 0.6) is 5.75 Å². The fraction of sp³-hybridized carbons (Fsp3) is 0.273. The van der Waals surface area contributed by atoms with Gasteiger partial charge in [-0.25, -0.2) is 14.4 Å². The van der Waals surface area contributed by atoms with Gasteiger partial charge in [-0.1, -0.05) is 12.1 Å². The molecule has 5 rings (SSSR count). The Labute approximate surface area is 190 Å². The number of halogens is 4. The van der Waals surface area contributed by atoms with Crippen molar-refractivity contribution >= 4 is 28.4 Å². The molecule has 34 heavy (non-hydrogen) atoms. The zero-order chi connectivity index (χ0) is 23.9. The highest BCUT2D eigenvalue weighted by Crippen LogP contribution is 2.34. The maximum absolute atomic E-state index is 13.7. The number of fused-ring (bicyclic) bond motifs is 3. The van der Waals surface area contributed by atoms with Crippen molar-refractivity contribution in [2.75, 3.05) is 11.9 Å². The van der Waals surface area contributed by atoms with Crippen molar-refractivity contribution in [3.05, 3.63) is 48.3 Å². The van der Waals surface area contributed by atoms with E-state index in [1.54, 1.807) is 24.3 Å². The fourth-order valence-corrected chi connectivity index (χ4v) is 3.89. The highest BCUT2D eigenvalue weighted by molar-refractivity contribution is 5.93. The third-order valence-electron chi connectivity index (χ3n) is 5.43. The lowest BCUT2D eigenvalue weighted by Gasteiger charge is -2.16. The summed E-state index contributed by atoms with van der Waals surface area (Å²) in [6.45, 7) is 0.581. The molecule has 1 fully saturated rings. The van der Waals surface area contributed by atoms with Crippen LogP contribution in [0, 0.1) is 5.82 Å². The molecule has 2 N–H and O–H groups in total. The number of benzene rings is 2. The van der Waals surface area contributed by atoms with E-state index in [2.05, 4.69) is 30.4 Å². The van der Waals surface area contributed by atoms with Gasteiger partial charge in [0.2, 0.25) is 11.9 Å². The largest absolute Gasteiger partial charge is 0.573 e. The lowest BCUT2D eigenvalue weighted by Crippen LogP contribution is -2.38. The topological polar surface area (TPSA) is 93.4 Å². The zero-order valence-electron chi connectivity index (χ0n) is 17.6. The summed E-state index contributed by atoms with van der Waals surface area (Å²) in [5, 5.41) is 10.9. The smallest absolute Gasteiger partial charge is 0.405 e. The minimum atomic E-state index is -5.03. The Morgan fingerprint density at radius 3 is 2.76 bits per heavy atom. The summed E-state index contributed by atoms with van der Waals surface area (Å²) in [4.78, 5) is 21.4. The zero-order valence-corrected chi connectivity index (χ0v) is 17.6. The average Bonchev–Trinajstić information content (AvgIpc) is 3.12. The van der Waals surface area contributed by atoms with Gasteiger partial charge in [0.05, 0.1) is 11.1 Å². The van der Waals surface area contributed by atoms with Gasteiger partial charge in [0.1, 0.15) is 17.6 Å². The van der Waals surface area contributed by atoms with E-state index in [1.165, 1.54) is 4.52 Å². The summed E-state index contributed by atoms with van der Waals surface area (Å²) in [6.07, 6.45) is -2.78. The van der Waals surface area contributed by atoms with Crippen molar-refractivity contribution in [2.24, 2.45) is 0 Å². The van der Waals surface area contributed by atoms with E-state index in [9.17, 15) is 22.4 Å². The van der Waals surface area contributed by atoms with Gasteiger partial charge in [-0.2, -0.15) is 4.52 Å². The van der Waals surface area contributed by atoms with E-state index in [1.807, 2.05) is 0 Å². The number of anilines is 1. The maximum Gasteiger partial charge on any atom is 0.573 e. The van der Waals surface area contributed by atoms with E-state index >= 15 is 0 Å². The fourth-order valence-electron chi connectivity index (χ4n) is 3.89. The van der Waals surface area contributed by atoms with Crippen molar-refractivity contribution in [1.82, 2.24) is 24.9 Å². The molecule has 176 valence electrons. The van der Waals surface area contributed by atoms with Crippen molar-refractivity contribution in [1.29, 1.82) is 0 Å². The van der Waals surface area contributed by atoms with Gasteiger partial charge in [0.15, 0.2) is 11.5 Å². The first-order chi connectivity index (χ1) is 16.3. The summed E-state index contributed by atoms with van der Waals surface area (Å²) in [7, 11) is 0. The first-order valence-corrected chi connectivity index (χ1v) is 10.5. The second kappa shape index (κ2) is 8.43. The molecule has 0 aliphatic carbocycles. The summed E-state index contributed by atoms with van der Waals surface area (Å²) in [5.74, 6) is -1.76. The first kappa shape index (κ1) is 21.9. The van der Waals surface area contributed by atoms with Gasteiger partial charge in [-0.15, -0.1) is 18.3 Å². The molecule has 0 radical (unpaired) electrons. The van der Waals surface area contributed by atoms with Crippen LogP contribution in [0.4, 0.5) is 23.5 Å². The Morgan fingerprint density at radius 1 is 1.12 bits per heavy atom. The van der Waals surface area contributed by atoms with Gasteiger partial charge in [-0.05, 0) is 43.5 Å². The molecule has 3 heterocycles.